The van der Waals surface area contributed by atoms with Crippen molar-refractivity contribution in [3.63, 3.8) is 0 Å². The Morgan fingerprint density at radius 1 is 1.26 bits per heavy atom. The van der Waals surface area contributed by atoms with E-state index in [4.69, 9.17) is 4.52 Å². The van der Waals surface area contributed by atoms with Crippen molar-refractivity contribution < 1.29 is 4.52 Å². The molecule has 120 valence electrons. The third-order valence-corrected chi connectivity index (χ3v) is 5.22. The first-order valence-corrected chi connectivity index (χ1v) is 8.53. The summed E-state index contributed by atoms with van der Waals surface area (Å²) in [6.45, 7) is 0.456. The monoisotopic (exact) mass is 330 g/mol. The second-order valence-corrected chi connectivity index (χ2v) is 6.93. The number of hydrogen-bond acceptors (Lipinski definition) is 8. The zero-order valence-corrected chi connectivity index (χ0v) is 14.0. The van der Waals surface area contributed by atoms with Crippen LogP contribution in [-0.4, -0.2) is 34.2 Å². The zero-order valence-electron chi connectivity index (χ0n) is 13.2. The highest BCUT2D eigenvalue weighted by atomic mass is 32.1. The lowest BCUT2D eigenvalue weighted by atomic mass is 9.97. The molecule has 0 unspecified atom stereocenters. The number of rotatable bonds is 4. The van der Waals surface area contributed by atoms with Crippen LogP contribution >= 0.6 is 11.3 Å². The maximum Gasteiger partial charge on any atom is 0.265 e. The Morgan fingerprint density at radius 2 is 2.13 bits per heavy atom. The summed E-state index contributed by atoms with van der Waals surface area (Å²) < 4.78 is 5.25. The van der Waals surface area contributed by atoms with Gasteiger partial charge in [0.15, 0.2) is 0 Å². The molecule has 0 bridgehead atoms. The van der Waals surface area contributed by atoms with Crippen LogP contribution in [0.4, 0.5) is 11.8 Å². The van der Waals surface area contributed by atoms with Crippen LogP contribution in [0, 0.1) is 0 Å². The van der Waals surface area contributed by atoms with E-state index in [1.807, 2.05) is 19.0 Å². The van der Waals surface area contributed by atoms with Crippen LogP contribution in [0.3, 0.4) is 0 Å². The second kappa shape index (κ2) is 5.77. The largest absolute Gasteiger partial charge is 0.360 e. The van der Waals surface area contributed by atoms with Gasteiger partial charge in [0.2, 0.25) is 5.89 Å². The van der Waals surface area contributed by atoms with Crippen LogP contribution < -0.4 is 10.2 Å². The molecule has 0 atom stereocenters. The molecule has 0 amide bonds. The van der Waals surface area contributed by atoms with Crippen molar-refractivity contribution >= 4 is 33.3 Å². The highest BCUT2D eigenvalue weighted by Gasteiger charge is 2.20. The molecular weight excluding hydrogens is 312 g/mol. The fourth-order valence-electron chi connectivity index (χ4n) is 2.88. The smallest absolute Gasteiger partial charge is 0.265 e. The number of aromatic nitrogens is 4. The van der Waals surface area contributed by atoms with Crippen LogP contribution in [0.2, 0.25) is 0 Å². The molecule has 0 radical (unpaired) electrons. The van der Waals surface area contributed by atoms with Crippen LogP contribution in [0.15, 0.2) is 10.9 Å². The van der Waals surface area contributed by atoms with Gasteiger partial charge in [0, 0.05) is 19.0 Å². The molecule has 0 aliphatic heterocycles. The fourth-order valence-corrected chi connectivity index (χ4v) is 4.11. The molecule has 0 fully saturated rings. The molecule has 0 saturated carbocycles. The summed E-state index contributed by atoms with van der Waals surface area (Å²) >= 11 is 1.79. The van der Waals surface area contributed by atoms with E-state index in [-0.39, 0.29) is 0 Å². The van der Waals surface area contributed by atoms with E-state index in [1.165, 1.54) is 28.7 Å². The number of aryl methyl sites for hydroxylation is 2. The molecule has 3 aromatic rings. The van der Waals surface area contributed by atoms with Gasteiger partial charge < -0.3 is 14.7 Å². The first-order chi connectivity index (χ1) is 11.2. The Morgan fingerprint density at radius 3 is 2.96 bits per heavy atom. The normalized spacial score (nSPS) is 14.0. The van der Waals surface area contributed by atoms with Gasteiger partial charge in [-0.05, 0) is 36.4 Å². The third-order valence-electron chi connectivity index (χ3n) is 4.02. The van der Waals surface area contributed by atoms with Crippen molar-refractivity contribution in [2.24, 2.45) is 0 Å². The Kier molecular flexibility index (Phi) is 3.60. The van der Waals surface area contributed by atoms with Crippen LogP contribution in [0.5, 0.6) is 0 Å². The number of anilines is 2. The van der Waals surface area contributed by atoms with Crippen molar-refractivity contribution in [1.82, 2.24) is 20.1 Å². The minimum Gasteiger partial charge on any atom is -0.360 e. The highest BCUT2D eigenvalue weighted by molar-refractivity contribution is 7.19. The van der Waals surface area contributed by atoms with E-state index in [0.29, 0.717) is 18.4 Å². The molecule has 7 nitrogen and oxygen atoms in total. The predicted octanol–water partition coefficient (Wildman–Crippen LogP) is 2.63. The van der Waals surface area contributed by atoms with E-state index in [9.17, 15) is 0 Å². The number of nitrogens with zero attached hydrogens (tertiary/aromatic N) is 5. The van der Waals surface area contributed by atoms with Crippen molar-refractivity contribution in [1.29, 1.82) is 0 Å². The average Bonchev–Trinajstić information content (AvgIpc) is 3.17. The summed E-state index contributed by atoms with van der Waals surface area (Å²) in [6.07, 6.45) is 6.40. The lowest BCUT2D eigenvalue weighted by Gasteiger charge is -2.11. The van der Waals surface area contributed by atoms with Gasteiger partial charge in [-0.3, -0.25) is 0 Å². The summed E-state index contributed by atoms with van der Waals surface area (Å²) in [7, 11) is 3.77. The minimum absolute atomic E-state index is 0.456. The Balaban J connectivity index is 1.62. The number of fused-ring (bicyclic) bond motifs is 3. The van der Waals surface area contributed by atoms with E-state index in [2.05, 4.69) is 25.4 Å². The first-order valence-electron chi connectivity index (χ1n) is 7.71. The Labute approximate surface area is 137 Å². The molecule has 23 heavy (non-hydrogen) atoms. The summed E-state index contributed by atoms with van der Waals surface area (Å²) in [5, 5.41) is 8.42. The maximum atomic E-state index is 5.25. The molecule has 0 saturated heterocycles. The molecule has 3 aromatic heterocycles. The van der Waals surface area contributed by atoms with Crippen LogP contribution in [0.1, 0.15) is 29.2 Å². The Bertz CT molecular complexity index is 840. The van der Waals surface area contributed by atoms with Crippen molar-refractivity contribution in [2.75, 3.05) is 24.3 Å². The van der Waals surface area contributed by atoms with Gasteiger partial charge in [-0.1, -0.05) is 0 Å². The Hall–Kier alpha value is -2.22. The quantitative estimate of drug-likeness (QED) is 0.787. The van der Waals surface area contributed by atoms with Crippen molar-refractivity contribution in [3.8, 4) is 0 Å². The second-order valence-electron chi connectivity index (χ2n) is 5.85. The maximum absolute atomic E-state index is 5.25. The van der Waals surface area contributed by atoms with Gasteiger partial charge in [0.05, 0.1) is 11.9 Å². The van der Waals surface area contributed by atoms with E-state index >= 15 is 0 Å². The fraction of sp³-hybridized carbons (Fsp3) is 0.467. The third kappa shape index (κ3) is 2.63. The van der Waals surface area contributed by atoms with E-state index in [1.54, 1.807) is 17.7 Å². The number of hydrogen-bond donors (Lipinski definition) is 1. The van der Waals surface area contributed by atoms with Gasteiger partial charge >= 0.3 is 0 Å². The molecule has 4 rings (SSSR count). The molecule has 3 heterocycles. The summed E-state index contributed by atoms with van der Waals surface area (Å²) in [5.74, 6) is 1.98. The SMILES string of the molecule is CN(C)c1noc(CNc2ncnc3sc4c(c23)CCCC4)n1. The van der Waals surface area contributed by atoms with Crippen LogP contribution in [0.25, 0.3) is 10.2 Å². The van der Waals surface area contributed by atoms with Gasteiger partial charge in [-0.25, -0.2) is 9.97 Å². The van der Waals surface area contributed by atoms with Crippen molar-refractivity contribution in [3.05, 3.63) is 22.7 Å². The molecule has 0 aromatic carbocycles. The van der Waals surface area contributed by atoms with Gasteiger partial charge in [-0.15, -0.1) is 11.3 Å². The highest BCUT2D eigenvalue weighted by Crippen LogP contribution is 2.38. The van der Waals surface area contributed by atoms with E-state index in [0.717, 1.165) is 23.5 Å². The van der Waals surface area contributed by atoms with Gasteiger partial charge in [0.1, 0.15) is 17.0 Å². The summed E-state index contributed by atoms with van der Waals surface area (Å²) in [4.78, 5) is 17.5. The lowest BCUT2D eigenvalue weighted by molar-refractivity contribution is 0.383. The lowest BCUT2D eigenvalue weighted by Crippen LogP contribution is -2.10. The molecule has 0 spiro atoms. The van der Waals surface area contributed by atoms with Crippen LogP contribution in [-0.2, 0) is 19.4 Å². The first kappa shape index (κ1) is 14.4. The average molecular weight is 330 g/mol. The summed E-state index contributed by atoms with van der Waals surface area (Å²) in [5.41, 5.74) is 1.42. The molecular formula is C15H18N6OS. The molecule has 8 heteroatoms. The predicted molar refractivity (Wildman–Crippen MR) is 90.0 cm³/mol. The molecule has 1 aliphatic carbocycles. The number of thiophene rings is 1. The van der Waals surface area contributed by atoms with Gasteiger partial charge in [0.25, 0.3) is 5.95 Å². The van der Waals surface area contributed by atoms with E-state index < -0.39 is 0 Å². The number of nitrogens with one attached hydrogen (secondary N) is 1. The molecule has 1 aliphatic rings. The molecule has 1 N–H and O–H groups in total. The summed E-state index contributed by atoms with van der Waals surface area (Å²) in [6, 6.07) is 0. The minimum atomic E-state index is 0.456. The van der Waals surface area contributed by atoms with Crippen molar-refractivity contribution in [2.45, 2.75) is 32.2 Å². The topological polar surface area (TPSA) is 80.0 Å². The zero-order chi connectivity index (χ0) is 15.8. The van der Waals surface area contributed by atoms with Gasteiger partial charge in [-0.2, -0.15) is 4.98 Å². The standard InChI is InChI=1S/C15H18N6OS/c1-21(2)15-19-11(22-20-15)7-16-13-12-9-5-3-4-6-10(9)23-14(12)18-8-17-13/h8H,3-7H2,1-2H3,(H,16,17,18).